The van der Waals surface area contributed by atoms with Crippen molar-refractivity contribution in [1.29, 1.82) is 0 Å². The summed E-state index contributed by atoms with van der Waals surface area (Å²) in [5.41, 5.74) is 5.63. The van der Waals surface area contributed by atoms with E-state index in [0.717, 1.165) is 31.7 Å². The topological polar surface area (TPSA) is 46.3 Å². The van der Waals surface area contributed by atoms with E-state index in [-0.39, 0.29) is 24.4 Å². The highest BCUT2D eigenvalue weighted by Gasteiger charge is 2.15. The van der Waals surface area contributed by atoms with Crippen molar-refractivity contribution in [3.63, 3.8) is 0 Å². The molecule has 0 aromatic rings. The van der Waals surface area contributed by atoms with Crippen molar-refractivity contribution in [1.82, 2.24) is 4.90 Å². The summed E-state index contributed by atoms with van der Waals surface area (Å²) in [6.07, 6.45) is 2.55. The number of hydrogen-bond acceptors (Lipinski definition) is 3. The van der Waals surface area contributed by atoms with Crippen molar-refractivity contribution in [2.75, 3.05) is 24.6 Å². The first-order valence-corrected chi connectivity index (χ1v) is 6.46. The van der Waals surface area contributed by atoms with Gasteiger partial charge in [-0.05, 0) is 25.5 Å². The summed E-state index contributed by atoms with van der Waals surface area (Å²) >= 11 is 1.94. The highest BCUT2D eigenvalue weighted by molar-refractivity contribution is 7.99. The Morgan fingerprint density at radius 1 is 1.47 bits per heavy atom. The lowest BCUT2D eigenvalue weighted by Gasteiger charge is -2.20. The number of rotatable bonds is 3. The summed E-state index contributed by atoms with van der Waals surface area (Å²) < 4.78 is 0. The smallest absolute Gasteiger partial charge is 0.222 e. The predicted molar refractivity (Wildman–Crippen MR) is 68.7 cm³/mol. The SMILES string of the molecule is CC(N)CCC(=O)N1CCCSCC1.Cl. The Bertz CT molecular complexity index is 182. The van der Waals surface area contributed by atoms with Gasteiger partial charge in [-0.25, -0.2) is 0 Å². The van der Waals surface area contributed by atoms with Gasteiger partial charge in [0.1, 0.15) is 0 Å². The Morgan fingerprint density at radius 2 is 2.20 bits per heavy atom. The molecule has 1 heterocycles. The van der Waals surface area contributed by atoms with Gasteiger partial charge in [0.25, 0.3) is 0 Å². The lowest BCUT2D eigenvalue weighted by Crippen LogP contribution is -2.33. The van der Waals surface area contributed by atoms with E-state index in [9.17, 15) is 4.79 Å². The molecule has 15 heavy (non-hydrogen) atoms. The van der Waals surface area contributed by atoms with Gasteiger partial charge in [0.2, 0.25) is 5.91 Å². The Kier molecular flexibility index (Phi) is 8.29. The van der Waals surface area contributed by atoms with E-state index < -0.39 is 0 Å². The molecule has 2 N–H and O–H groups in total. The summed E-state index contributed by atoms with van der Waals surface area (Å²) in [5.74, 6) is 2.56. The maximum Gasteiger partial charge on any atom is 0.222 e. The fraction of sp³-hybridized carbons (Fsp3) is 0.900. The van der Waals surface area contributed by atoms with Crippen molar-refractivity contribution in [2.24, 2.45) is 5.73 Å². The third kappa shape index (κ3) is 6.28. The van der Waals surface area contributed by atoms with Crippen LogP contribution in [0.15, 0.2) is 0 Å². The quantitative estimate of drug-likeness (QED) is 0.828. The number of thioether (sulfide) groups is 1. The maximum absolute atomic E-state index is 11.7. The summed E-state index contributed by atoms with van der Waals surface area (Å²) in [6, 6.07) is 0.139. The number of nitrogens with zero attached hydrogens (tertiary/aromatic N) is 1. The van der Waals surface area contributed by atoms with Crippen LogP contribution in [0.5, 0.6) is 0 Å². The first kappa shape index (κ1) is 15.1. The molecule has 1 unspecified atom stereocenters. The standard InChI is InChI=1S/C10H20N2OS.ClH/c1-9(11)3-4-10(13)12-5-2-7-14-8-6-12;/h9H,2-8,11H2,1H3;1H. The van der Waals surface area contributed by atoms with E-state index in [4.69, 9.17) is 5.73 Å². The molecule has 1 rings (SSSR count). The van der Waals surface area contributed by atoms with Gasteiger partial charge >= 0.3 is 0 Å². The van der Waals surface area contributed by atoms with Crippen LogP contribution in [0.3, 0.4) is 0 Å². The normalized spacial score (nSPS) is 18.9. The number of amides is 1. The van der Waals surface area contributed by atoms with Crippen LogP contribution < -0.4 is 5.73 Å². The summed E-state index contributed by atoms with van der Waals surface area (Å²) in [6.45, 7) is 3.80. The first-order valence-electron chi connectivity index (χ1n) is 5.31. The minimum atomic E-state index is 0. The third-order valence-corrected chi connectivity index (χ3v) is 3.44. The highest BCUT2D eigenvalue weighted by atomic mass is 35.5. The van der Waals surface area contributed by atoms with Gasteiger partial charge in [0.15, 0.2) is 0 Å². The molecule has 3 nitrogen and oxygen atoms in total. The molecule has 1 aliphatic heterocycles. The molecule has 1 atom stereocenters. The molecule has 0 spiro atoms. The fourth-order valence-electron chi connectivity index (χ4n) is 1.50. The number of carbonyl (C=O) groups is 1. The fourth-order valence-corrected chi connectivity index (χ4v) is 2.39. The molecule has 0 saturated carbocycles. The molecule has 0 radical (unpaired) electrons. The molecule has 90 valence electrons. The zero-order valence-corrected chi connectivity index (χ0v) is 10.9. The Labute approximate surface area is 103 Å². The number of nitrogens with two attached hydrogens (primary N) is 1. The molecule has 5 heteroatoms. The van der Waals surface area contributed by atoms with Crippen LogP contribution in [0.2, 0.25) is 0 Å². The largest absolute Gasteiger partial charge is 0.342 e. The zero-order chi connectivity index (χ0) is 10.4. The second kappa shape index (κ2) is 8.25. The number of hydrogen-bond donors (Lipinski definition) is 1. The molecule has 1 aliphatic rings. The first-order chi connectivity index (χ1) is 6.70. The second-order valence-corrected chi connectivity index (χ2v) is 5.09. The van der Waals surface area contributed by atoms with Crippen LogP contribution in [0, 0.1) is 0 Å². The van der Waals surface area contributed by atoms with E-state index in [0.29, 0.717) is 6.42 Å². The average Bonchev–Trinajstić information content (AvgIpc) is 2.42. The molecule has 0 aromatic carbocycles. The van der Waals surface area contributed by atoms with E-state index in [1.165, 1.54) is 5.75 Å². The Morgan fingerprint density at radius 3 is 2.87 bits per heavy atom. The van der Waals surface area contributed by atoms with E-state index in [2.05, 4.69) is 0 Å². The van der Waals surface area contributed by atoms with E-state index in [1.807, 2.05) is 23.6 Å². The molecule has 1 fully saturated rings. The van der Waals surface area contributed by atoms with Gasteiger partial charge in [-0.15, -0.1) is 12.4 Å². The Balaban J connectivity index is 0.00000196. The third-order valence-electron chi connectivity index (χ3n) is 2.39. The second-order valence-electron chi connectivity index (χ2n) is 3.86. The van der Waals surface area contributed by atoms with Crippen LogP contribution in [0.1, 0.15) is 26.2 Å². The lowest BCUT2D eigenvalue weighted by atomic mass is 10.2. The average molecular weight is 253 g/mol. The van der Waals surface area contributed by atoms with Gasteiger partial charge in [-0.1, -0.05) is 0 Å². The molecular weight excluding hydrogens is 232 g/mol. The van der Waals surface area contributed by atoms with Crippen molar-refractivity contribution in [3.8, 4) is 0 Å². The van der Waals surface area contributed by atoms with E-state index in [1.54, 1.807) is 0 Å². The van der Waals surface area contributed by atoms with Crippen molar-refractivity contribution >= 4 is 30.1 Å². The monoisotopic (exact) mass is 252 g/mol. The lowest BCUT2D eigenvalue weighted by molar-refractivity contribution is -0.131. The molecule has 1 amide bonds. The van der Waals surface area contributed by atoms with E-state index >= 15 is 0 Å². The highest BCUT2D eigenvalue weighted by Crippen LogP contribution is 2.11. The summed E-state index contributed by atoms with van der Waals surface area (Å²) in [4.78, 5) is 13.7. The summed E-state index contributed by atoms with van der Waals surface area (Å²) in [5, 5.41) is 0. The van der Waals surface area contributed by atoms with Gasteiger partial charge in [-0.3, -0.25) is 4.79 Å². The summed E-state index contributed by atoms with van der Waals surface area (Å²) in [7, 11) is 0. The minimum absolute atomic E-state index is 0. The van der Waals surface area contributed by atoms with Crippen LogP contribution in [0.25, 0.3) is 0 Å². The van der Waals surface area contributed by atoms with Gasteiger partial charge in [0, 0.05) is 31.3 Å². The van der Waals surface area contributed by atoms with Gasteiger partial charge in [-0.2, -0.15) is 11.8 Å². The molecule has 1 saturated heterocycles. The number of halogens is 1. The van der Waals surface area contributed by atoms with Gasteiger partial charge in [0.05, 0.1) is 0 Å². The maximum atomic E-state index is 11.7. The van der Waals surface area contributed by atoms with Crippen LogP contribution in [0.4, 0.5) is 0 Å². The minimum Gasteiger partial charge on any atom is -0.342 e. The zero-order valence-electron chi connectivity index (χ0n) is 9.28. The van der Waals surface area contributed by atoms with Gasteiger partial charge < -0.3 is 10.6 Å². The van der Waals surface area contributed by atoms with Crippen LogP contribution in [-0.2, 0) is 4.79 Å². The molecular formula is C10H21ClN2OS. The predicted octanol–water partition coefficient (Wildman–Crippen LogP) is 1.50. The van der Waals surface area contributed by atoms with Crippen LogP contribution in [-0.4, -0.2) is 41.4 Å². The molecule has 0 bridgehead atoms. The van der Waals surface area contributed by atoms with Crippen molar-refractivity contribution in [3.05, 3.63) is 0 Å². The number of carbonyl (C=O) groups excluding carboxylic acids is 1. The molecule has 0 aromatic heterocycles. The van der Waals surface area contributed by atoms with Crippen molar-refractivity contribution in [2.45, 2.75) is 32.2 Å². The van der Waals surface area contributed by atoms with Crippen molar-refractivity contribution < 1.29 is 4.79 Å². The molecule has 0 aliphatic carbocycles. The van der Waals surface area contributed by atoms with Crippen LogP contribution >= 0.6 is 24.2 Å². The Hall–Kier alpha value is 0.0700.